The van der Waals surface area contributed by atoms with Crippen molar-refractivity contribution in [1.82, 2.24) is 30.4 Å². The fraction of sp³-hybridized carbons (Fsp3) is 0.235. The van der Waals surface area contributed by atoms with E-state index in [1.54, 1.807) is 18.4 Å². The van der Waals surface area contributed by atoms with Crippen LogP contribution in [0.4, 0.5) is 13.6 Å². The molecule has 3 amide bonds. The predicted octanol–water partition coefficient (Wildman–Crippen LogP) is 2.29. The number of halogens is 2. The van der Waals surface area contributed by atoms with E-state index >= 15 is 0 Å². The van der Waals surface area contributed by atoms with Gasteiger partial charge in [0.15, 0.2) is 5.82 Å². The molecule has 0 bridgehead atoms. The fourth-order valence-electron chi connectivity index (χ4n) is 3.00. The van der Waals surface area contributed by atoms with Gasteiger partial charge in [0, 0.05) is 0 Å². The molecule has 0 radical (unpaired) electrons. The number of hydrogen-bond acceptors (Lipinski definition) is 7. The Hall–Kier alpha value is -3.41. The van der Waals surface area contributed by atoms with Crippen LogP contribution in [0.25, 0.3) is 5.69 Å². The first-order valence-electron chi connectivity index (χ1n) is 8.38. The van der Waals surface area contributed by atoms with Crippen molar-refractivity contribution in [2.24, 2.45) is 0 Å². The van der Waals surface area contributed by atoms with Gasteiger partial charge in [0.1, 0.15) is 11.3 Å². The molecule has 1 aliphatic rings. The lowest BCUT2D eigenvalue weighted by molar-refractivity contribution is -0.131. The van der Waals surface area contributed by atoms with Crippen molar-refractivity contribution >= 4 is 23.3 Å². The number of imide groups is 1. The molecule has 1 aliphatic heterocycles. The summed E-state index contributed by atoms with van der Waals surface area (Å²) in [6.45, 7) is -1.45. The van der Waals surface area contributed by atoms with Gasteiger partial charge in [-0.25, -0.2) is 4.79 Å². The summed E-state index contributed by atoms with van der Waals surface area (Å²) < 4.78 is 30.2. The van der Waals surface area contributed by atoms with Crippen molar-refractivity contribution in [3.8, 4) is 11.4 Å². The molecule has 4 rings (SSSR count). The predicted molar refractivity (Wildman–Crippen MR) is 96.5 cm³/mol. The lowest BCUT2D eigenvalue weighted by Crippen LogP contribution is -2.40. The molecule has 0 saturated carbocycles. The highest BCUT2D eigenvalue weighted by atomic mass is 32.1. The number of tetrazole rings is 1. The number of carbonyl (C=O) groups excluding carboxylic acids is 2. The number of hydrogen-bond donors (Lipinski definition) is 1. The third kappa shape index (κ3) is 3.42. The van der Waals surface area contributed by atoms with Gasteiger partial charge in [0.2, 0.25) is 0 Å². The molecule has 12 heteroatoms. The summed E-state index contributed by atoms with van der Waals surface area (Å²) in [7, 11) is 0. The number of nitrogens with zero attached hydrogens (tertiary/aromatic N) is 5. The van der Waals surface area contributed by atoms with Crippen LogP contribution in [0.1, 0.15) is 18.3 Å². The van der Waals surface area contributed by atoms with E-state index in [2.05, 4.69) is 25.6 Å². The van der Waals surface area contributed by atoms with Crippen LogP contribution in [0.15, 0.2) is 41.1 Å². The molecular formula is C17H14F2N6O3S. The van der Waals surface area contributed by atoms with Crippen LogP contribution in [-0.4, -0.2) is 43.7 Å². The van der Waals surface area contributed by atoms with Crippen molar-refractivity contribution in [2.45, 2.75) is 25.6 Å². The van der Waals surface area contributed by atoms with E-state index in [-0.39, 0.29) is 18.1 Å². The van der Waals surface area contributed by atoms with Crippen molar-refractivity contribution in [1.29, 1.82) is 0 Å². The van der Waals surface area contributed by atoms with E-state index in [1.807, 2.05) is 5.38 Å². The molecule has 0 spiro atoms. The normalized spacial score (nSPS) is 19.1. The van der Waals surface area contributed by atoms with E-state index in [1.165, 1.54) is 40.3 Å². The van der Waals surface area contributed by atoms with Crippen molar-refractivity contribution < 1.29 is 23.1 Å². The molecule has 3 aromatic rings. The largest absolute Gasteiger partial charge is 0.435 e. The van der Waals surface area contributed by atoms with Gasteiger partial charge in [-0.3, -0.25) is 9.69 Å². The Labute approximate surface area is 166 Å². The van der Waals surface area contributed by atoms with Crippen LogP contribution in [0.3, 0.4) is 0 Å². The average Bonchev–Trinajstić information content (AvgIpc) is 3.41. The molecule has 9 nitrogen and oxygen atoms in total. The molecule has 2 aromatic heterocycles. The highest BCUT2D eigenvalue weighted by Crippen LogP contribution is 2.31. The smallest absolute Gasteiger partial charge is 0.387 e. The Bertz CT molecular complexity index is 1040. The van der Waals surface area contributed by atoms with Gasteiger partial charge >= 0.3 is 12.6 Å². The van der Waals surface area contributed by atoms with Crippen LogP contribution in [0.2, 0.25) is 0 Å². The zero-order chi connectivity index (χ0) is 20.6. The van der Waals surface area contributed by atoms with Gasteiger partial charge in [-0.15, -0.1) is 5.10 Å². The monoisotopic (exact) mass is 420 g/mol. The number of amides is 3. The van der Waals surface area contributed by atoms with Gasteiger partial charge in [0.25, 0.3) is 5.91 Å². The maximum atomic E-state index is 12.9. The summed E-state index contributed by atoms with van der Waals surface area (Å²) in [5, 5.41) is 17.7. The second-order valence-electron chi connectivity index (χ2n) is 6.34. The Morgan fingerprint density at radius 1 is 1.24 bits per heavy atom. The molecular weight excluding hydrogens is 406 g/mol. The lowest BCUT2D eigenvalue weighted by atomic mass is 9.95. The molecule has 1 saturated heterocycles. The van der Waals surface area contributed by atoms with Crippen molar-refractivity contribution in [3.63, 3.8) is 0 Å². The van der Waals surface area contributed by atoms with Gasteiger partial charge < -0.3 is 10.1 Å². The molecule has 0 aliphatic carbocycles. The average molecular weight is 420 g/mol. The second-order valence-corrected chi connectivity index (χ2v) is 7.12. The SMILES string of the molecule is CC1(c2ccsc2)NC(=O)N(Cc2nnnn2-c2ccc(OC(F)F)cc2)C1=O. The van der Waals surface area contributed by atoms with E-state index in [0.717, 1.165) is 4.90 Å². The molecule has 1 unspecified atom stereocenters. The standard InChI is InChI=1S/C17H14F2N6O3S/c1-17(10-6-7-29-9-10)14(26)24(16(27)20-17)8-13-21-22-23-25(13)11-2-4-12(5-3-11)28-15(18)19/h2-7,9,15H,8H2,1H3,(H,20,27). The van der Waals surface area contributed by atoms with Crippen LogP contribution in [-0.2, 0) is 16.9 Å². The minimum Gasteiger partial charge on any atom is -0.435 e. The number of rotatable bonds is 6. The summed E-state index contributed by atoms with van der Waals surface area (Å²) in [6.07, 6.45) is 0. The first kappa shape index (κ1) is 18.9. The van der Waals surface area contributed by atoms with E-state index < -0.39 is 24.1 Å². The molecule has 1 aromatic carbocycles. The third-order valence-electron chi connectivity index (χ3n) is 4.51. The number of nitrogens with one attached hydrogen (secondary N) is 1. The van der Waals surface area contributed by atoms with Crippen LogP contribution in [0, 0.1) is 0 Å². The van der Waals surface area contributed by atoms with Gasteiger partial charge in [-0.2, -0.15) is 24.8 Å². The van der Waals surface area contributed by atoms with Gasteiger partial charge in [0.05, 0.1) is 12.2 Å². The molecule has 29 heavy (non-hydrogen) atoms. The quantitative estimate of drug-likeness (QED) is 0.614. The van der Waals surface area contributed by atoms with Crippen molar-refractivity contribution in [3.05, 3.63) is 52.5 Å². The number of urea groups is 1. The third-order valence-corrected chi connectivity index (χ3v) is 5.20. The Kier molecular flexibility index (Phi) is 4.70. The number of thiophene rings is 1. The van der Waals surface area contributed by atoms with Crippen LogP contribution >= 0.6 is 11.3 Å². The van der Waals surface area contributed by atoms with Gasteiger partial charge in [-0.05, 0) is 64.0 Å². The highest BCUT2D eigenvalue weighted by molar-refractivity contribution is 7.08. The highest BCUT2D eigenvalue weighted by Gasteiger charge is 2.49. The molecule has 3 heterocycles. The molecule has 1 fully saturated rings. The Balaban J connectivity index is 1.56. The molecule has 1 atom stereocenters. The summed E-state index contributed by atoms with van der Waals surface area (Å²) in [5.74, 6) is -0.208. The summed E-state index contributed by atoms with van der Waals surface area (Å²) in [4.78, 5) is 26.4. The number of alkyl halides is 2. The van der Waals surface area contributed by atoms with Crippen LogP contribution < -0.4 is 10.1 Å². The van der Waals surface area contributed by atoms with E-state index in [0.29, 0.717) is 11.3 Å². The second kappa shape index (κ2) is 7.20. The fourth-order valence-corrected chi connectivity index (χ4v) is 3.76. The van der Waals surface area contributed by atoms with Crippen LogP contribution in [0.5, 0.6) is 5.75 Å². The number of benzene rings is 1. The van der Waals surface area contributed by atoms with E-state index in [9.17, 15) is 18.4 Å². The van der Waals surface area contributed by atoms with Crippen molar-refractivity contribution in [2.75, 3.05) is 0 Å². The topological polar surface area (TPSA) is 102 Å². The minimum atomic E-state index is -2.93. The maximum absolute atomic E-state index is 12.9. The lowest BCUT2D eigenvalue weighted by Gasteiger charge is -2.20. The van der Waals surface area contributed by atoms with E-state index in [4.69, 9.17) is 0 Å². The van der Waals surface area contributed by atoms with Gasteiger partial charge in [-0.1, -0.05) is 0 Å². The molecule has 1 N–H and O–H groups in total. The number of ether oxygens (including phenoxy) is 1. The summed E-state index contributed by atoms with van der Waals surface area (Å²) in [6, 6.07) is 6.87. The Morgan fingerprint density at radius 2 is 2.00 bits per heavy atom. The summed E-state index contributed by atoms with van der Waals surface area (Å²) in [5.41, 5.74) is -0.0132. The number of carbonyl (C=O) groups is 2. The Morgan fingerprint density at radius 3 is 2.66 bits per heavy atom. The number of aromatic nitrogens is 4. The molecule has 150 valence electrons. The first-order chi connectivity index (χ1) is 13.9. The summed E-state index contributed by atoms with van der Waals surface area (Å²) >= 11 is 1.42. The minimum absolute atomic E-state index is 0.0148. The zero-order valence-corrected chi connectivity index (χ0v) is 15.8. The zero-order valence-electron chi connectivity index (χ0n) is 15.0. The first-order valence-corrected chi connectivity index (χ1v) is 9.32. The maximum Gasteiger partial charge on any atom is 0.387 e.